The molecule has 0 saturated heterocycles. The molecule has 1 N–H and O–H groups in total. The highest BCUT2D eigenvalue weighted by Crippen LogP contribution is 2.31. The van der Waals surface area contributed by atoms with Crippen molar-refractivity contribution in [3.05, 3.63) is 64.7 Å². The summed E-state index contributed by atoms with van der Waals surface area (Å²) in [5.41, 5.74) is 5.14. The van der Waals surface area contributed by atoms with Gasteiger partial charge in [-0.1, -0.05) is 42.0 Å². The molecule has 2 aromatic rings. The standard InChI is InChI=1S/C18H19NO2/c1-12-4-3-5-13(8-12)9-17(20)14-6-7-16-15(10-14)11-18(21)19(16)2/h3-8,10,17,20H,9,11H2,1-2H3. The molecule has 3 nitrogen and oxygen atoms in total. The molecule has 0 spiro atoms. The van der Waals surface area contributed by atoms with E-state index in [-0.39, 0.29) is 5.91 Å². The summed E-state index contributed by atoms with van der Waals surface area (Å²) in [5, 5.41) is 10.4. The van der Waals surface area contributed by atoms with Gasteiger partial charge in [0, 0.05) is 19.2 Å². The van der Waals surface area contributed by atoms with E-state index >= 15 is 0 Å². The summed E-state index contributed by atoms with van der Waals surface area (Å²) in [7, 11) is 1.79. The Morgan fingerprint density at radius 2 is 2.05 bits per heavy atom. The molecule has 1 atom stereocenters. The van der Waals surface area contributed by atoms with Crippen LogP contribution >= 0.6 is 0 Å². The number of carbonyl (C=O) groups excluding carboxylic acids is 1. The molecule has 0 aliphatic carbocycles. The molecule has 1 amide bonds. The number of hydrogen-bond donors (Lipinski definition) is 1. The van der Waals surface area contributed by atoms with Gasteiger partial charge >= 0.3 is 0 Å². The van der Waals surface area contributed by atoms with Crippen LogP contribution in [-0.2, 0) is 17.6 Å². The molecule has 1 heterocycles. The average molecular weight is 281 g/mol. The average Bonchev–Trinajstić information content (AvgIpc) is 2.73. The number of aryl methyl sites for hydroxylation is 1. The number of rotatable bonds is 3. The molecule has 21 heavy (non-hydrogen) atoms. The minimum absolute atomic E-state index is 0.107. The maximum absolute atomic E-state index is 11.7. The number of likely N-dealkylation sites (N-methyl/N-ethyl adjacent to an activating group) is 1. The highest BCUT2D eigenvalue weighted by atomic mass is 16.3. The first-order valence-corrected chi connectivity index (χ1v) is 7.17. The van der Waals surface area contributed by atoms with Crippen molar-refractivity contribution in [2.75, 3.05) is 11.9 Å². The zero-order valence-electron chi connectivity index (χ0n) is 12.3. The van der Waals surface area contributed by atoms with Gasteiger partial charge in [0.15, 0.2) is 0 Å². The first kappa shape index (κ1) is 13.8. The Hall–Kier alpha value is -2.13. The summed E-state index contributed by atoms with van der Waals surface area (Å²) in [6.07, 6.45) is 0.472. The summed E-state index contributed by atoms with van der Waals surface area (Å²) >= 11 is 0. The third kappa shape index (κ3) is 2.69. The van der Waals surface area contributed by atoms with Crippen molar-refractivity contribution in [3.63, 3.8) is 0 Å². The summed E-state index contributed by atoms with van der Waals surface area (Å²) in [4.78, 5) is 13.4. The molecule has 3 heteroatoms. The van der Waals surface area contributed by atoms with Crippen LogP contribution in [0.4, 0.5) is 5.69 Å². The number of anilines is 1. The van der Waals surface area contributed by atoms with Gasteiger partial charge in [0.1, 0.15) is 0 Å². The monoisotopic (exact) mass is 281 g/mol. The molecule has 0 radical (unpaired) electrons. The summed E-state index contributed by atoms with van der Waals surface area (Å²) in [6.45, 7) is 2.05. The van der Waals surface area contributed by atoms with Gasteiger partial charge in [-0.15, -0.1) is 0 Å². The van der Waals surface area contributed by atoms with Crippen molar-refractivity contribution in [2.45, 2.75) is 25.9 Å². The fraction of sp³-hybridized carbons (Fsp3) is 0.278. The van der Waals surface area contributed by atoms with E-state index in [0.717, 1.165) is 22.4 Å². The second kappa shape index (κ2) is 5.34. The fourth-order valence-corrected chi connectivity index (χ4v) is 2.88. The molecular formula is C18H19NO2. The van der Waals surface area contributed by atoms with Crippen molar-refractivity contribution in [2.24, 2.45) is 0 Å². The van der Waals surface area contributed by atoms with Crippen LogP contribution in [0.2, 0.25) is 0 Å². The van der Waals surface area contributed by atoms with E-state index in [9.17, 15) is 9.90 Å². The number of amides is 1. The summed E-state index contributed by atoms with van der Waals surface area (Å²) < 4.78 is 0. The SMILES string of the molecule is Cc1cccc(CC(O)c2ccc3c(c2)CC(=O)N3C)c1. The van der Waals surface area contributed by atoms with Crippen LogP contribution in [0.25, 0.3) is 0 Å². The van der Waals surface area contributed by atoms with Crippen LogP contribution in [0.1, 0.15) is 28.4 Å². The summed E-state index contributed by atoms with van der Waals surface area (Å²) in [6, 6.07) is 14.0. The molecule has 0 aromatic heterocycles. The molecule has 1 aliphatic heterocycles. The van der Waals surface area contributed by atoms with E-state index < -0.39 is 6.10 Å². The van der Waals surface area contributed by atoms with E-state index in [1.54, 1.807) is 11.9 Å². The van der Waals surface area contributed by atoms with Gasteiger partial charge in [0.25, 0.3) is 0 Å². The second-order valence-electron chi connectivity index (χ2n) is 5.73. The molecule has 0 saturated carbocycles. The lowest BCUT2D eigenvalue weighted by molar-refractivity contribution is -0.117. The minimum atomic E-state index is -0.543. The molecule has 1 aliphatic rings. The third-order valence-corrected chi connectivity index (χ3v) is 4.08. The van der Waals surface area contributed by atoms with Crippen molar-refractivity contribution >= 4 is 11.6 Å². The predicted octanol–water partition coefficient (Wildman–Crippen LogP) is 2.79. The number of fused-ring (bicyclic) bond motifs is 1. The molecule has 108 valence electrons. The Morgan fingerprint density at radius 1 is 1.24 bits per heavy atom. The van der Waals surface area contributed by atoms with Crippen LogP contribution < -0.4 is 4.90 Å². The Bertz CT molecular complexity index is 693. The highest BCUT2D eigenvalue weighted by molar-refractivity contribution is 6.00. The van der Waals surface area contributed by atoms with Crippen LogP contribution in [0, 0.1) is 6.92 Å². The first-order valence-electron chi connectivity index (χ1n) is 7.17. The third-order valence-electron chi connectivity index (χ3n) is 4.08. The Kier molecular flexibility index (Phi) is 3.52. The Morgan fingerprint density at radius 3 is 2.81 bits per heavy atom. The van der Waals surface area contributed by atoms with Crippen LogP contribution in [0.5, 0.6) is 0 Å². The topological polar surface area (TPSA) is 40.5 Å². The van der Waals surface area contributed by atoms with Crippen LogP contribution in [0.15, 0.2) is 42.5 Å². The van der Waals surface area contributed by atoms with Gasteiger partial charge in [0.05, 0.1) is 12.5 Å². The molecule has 0 bridgehead atoms. The van der Waals surface area contributed by atoms with Crippen molar-refractivity contribution in [1.29, 1.82) is 0 Å². The van der Waals surface area contributed by atoms with Gasteiger partial charge in [-0.2, -0.15) is 0 Å². The van der Waals surface area contributed by atoms with E-state index in [1.165, 1.54) is 5.56 Å². The first-order chi connectivity index (χ1) is 10.0. The Labute approximate surface area is 124 Å². The van der Waals surface area contributed by atoms with E-state index in [1.807, 2.05) is 43.3 Å². The second-order valence-corrected chi connectivity index (χ2v) is 5.73. The van der Waals surface area contributed by atoms with Crippen molar-refractivity contribution < 1.29 is 9.90 Å². The predicted molar refractivity (Wildman–Crippen MR) is 83.4 cm³/mol. The molecular weight excluding hydrogens is 262 g/mol. The normalized spacial score (nSPS) is 15.2. The van der Waals surface area contributed by atoms with Crippen molar-refractivity contribution in [3.8, 4) is 0 Å². The van der Waals surface area contributed by atoms with E-state index in [4.69, 9.17) is 0 Å². The van der Waals surface area contributed by atoms with Gasteiger partial charge in [-0.25, -0.2) is 0 Å². The number of hydrogen-bond acceptors (Lipinski definition) is 2. The number of aliphatic hydroxyl groups is 1. The minimum Gasteiger partial charge on any atom is -0.388 e. The number of carbonyl (C=O) groups is 1. The zero-order valence-corrected chi connectivity index (χ0v) is 12.3. The van der Waals surface area contributed by atoms with Crippen LogP contribution in [-0.4, -0.2) is 18.1 Å². The maximum atomic E-state index is 11.7. The lowest BCUT2D eigenvalue weighted by atomic mass is 9.98. The van der Waals surface area contributed by atoms with Gasteiger partial charge in [0.2, 0.25) is 5.91 Å². The van der Waals surface area contributed by atoms with E-state index in [0.29, 0.717) is 12.8 Å². The van der Waals surface area contributed by atoms with E-state index in [2.05, 4.69) is 6.07 Å². The molecule has 1 unspecified atom stereocenters. The number of aliphatic hydroxyl groups excluding tert-OH is 1. The Balaban J connectivity index is 1.81. The van der Waals surface area contributed by atoms with Crippen molar-refractivity contribution in [1.82, 2.24) is 0 Å². The maximum Gasteiger partial charge on any atom is 0.231 e. The van der Waals surface area contributed by atoms with Gasteiger partial charge < -0.3 is 10.0 Å². The molecule has 0 fully saturated rings. The highest BCUT2D eigenvalue weighted by Gasteiger charge is 2.24. The zero-order chi connectivity index (χ0) is 15.0. The quantitative estimate of drug-likeness (QED) is 0.940. The molecule has 2 aromatic carbocycles. The fourth-order valence-electron chi connectivity index (χ4n) is 2.88. The number of nitrogens with zero attached hydrogens (tertiary/aromatic N) is 1. The lowest BCUT2D eigenvalue weighted by Gasteiger charge is -2.14. The van der Waals surface area contributed by atoms with Gasteiger partial charge in [-0.05, 0) is 29.7 Å². The smallest absolute Gasteiger partial charge is 0.231 e. The van der Waals surface area contributed by atoms with Gasteiger partial charge in [-0.3, -0.25) is 4.79 Å². The number of benzene rings is 2. The summed E-state index contributed by atoms with van der Waals surface area (Å²) in [5.74, 6) is 0.107. The van der Waals surface area contributed by atoms with Crippen LogP contribution in [0.3, 0.4) is 0 Å². The largest absolute Gasteiger partial charge is 0.388 e. The molecule has 3 rings (SSSR count). The lowest BCUT2D eigenvalue weighted by Crippen LogP contribution is -2.20.